The van der Waals surface area contributed by atoms with E-state index < -0.39 is 0 Å². The number of fused-ring (bicyclic) bond motifs is 1. The third-order valence-corrected chi connectivity index (χ3v) is 3.32. The lowest BCUT2D eigenvalue weighted by molar-refractivity contribution is 0.0783. The number of amides is 1. The van der Waals surface area contributed by atoms with E-state index in [1.54, 1.807) is 24.1 Å². The average Bonchev–Trinajstić information content (AvgIpc) is 2.43. The van der Waals surface area contributed by atoms with Crippen LogP contribution in [-0.2, 0) is 0 Å². The molecule has 4 nitrogen and oxygen atoms in total. The van der Waals surface area contributed by atoms with Crippen molar-refractivity contribution in [3.63, 3.8) is 0 Å². The van der Waals surface area contributed by atoms with Gasteiger partial charge in [-0.3, -0.25) is 4.79 Å². The summed E-state index contributed by atoms with van der Waals surface area (Å²) >= 11 is 0. The lowest BCUT2D eigenvalue weighted by atomic mass is 10.1. The van der Waals surface area contributed by atoms with Crippen LogP contribution in [0.1, 0.15) is 10.4 Å². The molecule has 0 aromatic heterocycles. The molecule has 106 valence electrons. The smallest absolute Gasteiger partial charge is 0.257 e. The summed E-state index contributed by atoms with van der Waals surface area (Å²) in [6.45, 7) is 1.41. The molecule has 1 N–H and O–H groups in total. The van der Waals surface area contributed by atoms with Crippen LogP contribution in [0.4, 0.5) is 0 Å². The van der Waals surface area contributed by atoms with Crippen LogP contribution in [0.5, 0.6) is 5.75 Å². The van der Waals surface area contributed by atoms with Crippen LogP contribution >= 0.6 is 0 Å². The number of rotatable bonds is 4. The first kappa shape index (κ1) is 14.3. The van der Waals surface area contributed by atoms with Gasteiger partial charge in [0.25, 0.3) is 5.91 Å². The van der Waals surface area contributed by atoms with Gasteiger partial charge in [0.2, 0.25) is 0 Å². The summed E-state index contributed by atoms with van der Waals surface area (Å²) in [5.41, 5.74) is 0.352. The Kier molecular flexibility index (Phi) is 4.25. The van der Waals surface area contributed by atoms with E-state index in [9.17, 15) is 9.90 Å². The first-order valence-corrected chi connectivity index (χ1v) is 6.61. The molecule has 0 fully saturated rings. The van der Waals surface area contributed by atoms with Crippen molar-refractivity contribution in [1.82, 2.24) is 9.80 Å². The number of phenolic OH excluding ortho intramolecular Hbond substituents is 1. The minimum Gasteiger partial charge on any atom is -0.507 e. The summed E-state index contributed by atoms with van der Waals surface area (Å²) in [7, 11) is 5.68. The molecule has 1 amide bonds. The van der Waals surface area contributed by atoms with E-state index >= 15 is 0 Å². The number of carbonyl (C=O) groups is 1. The third-order valence-electron chi connectivity index (χ3n) is 3.32. The average molecular weight is 272 g/mol. The second-order valence-corrected chi connectivity index (χ2v) is 5.25. The lowest BCUT2D eigenvalue weighted by Crippen LogP contribution is -2.33. The van der Waals surface area contributed by atoms with Gasteiger partial charge in [-0.05, 0) is 37.0 Å². The molecule has 4 heteroatoms. The Balaban J connectivity index is 2.27. The maximum Gasteiger partial charge on any atom is 0.257 e. The zero-order chi connectivity index (χ0) is 14.7. The van der Waals surface area contributed by atoms with E-state index in [2.05, 4.69) is 0 Å². The summed E-state index contributed by atoms with van der Waals surface area (Å²) in [4.78, 5) is 16.0. The Hall–Kier alpha value is -2.07. The molecule has 0 saturated heterocycles. The molecule has 0 heterocycles. The van der Waals surface area contributed by atoms with E-state index in [0.29, 0.717) is 12.1 Å². The fourth-order valence-electron chi connectivity index (χ4n) is 2.06. The Morgan fingerprint density at radius 2 is 1.65 bits per heavy atom. The fourth-order valence-corrected chi connectivity index (χ4v) is 2.06. The van der Waals surface area contributed by atoms with Crippen LogP contribution < -0.4 is 0 Å². The van der Waals surface area contributed by atoms with Crippen molar-refractivity contribution in [2.24, 2.45) is 0 Å². The number of phenols is 1. The quantitative estimate of drug-likeness (QED) is 0.927. The van der Waals surface area contributed by atoms with Gasteiger partial charge in [0, 0.05) is 20.1 Å². The molecule has 0 saturated carbocycles. The monoisotopic (exact) mass is 272 g/mol. The highest BCUT2D eigenvalue weighted by Gasteiger charge is 2.16. The van der Waals surface area contributed by atoms with E-state index in [-0.39, 0.29) is 11.7 Å². The highest BCUT2D eigenvalue weighted by Crippen LogP contribution is 2.25. The fraction of sp³-hybridized carbons (Fsp3) is 0.312. The van der Waals surface area contributed by atoms with Gasteiger partial charge < -0.3 is 14.9 Å². The van der Waals surface area contributed by atoms with Crippen molar-refractivity contribution < 1.29 is 9.90 Å². The van der Waals surface area contributed by atoms with Crippen LogP contribution in [0, 0.1) is 0 Å². The van der Waals surface area contributed by atoms with Crippen molar-refractivity contribution in [3.05, 3.63) is 42.0 Å². The molecule has 2 rings (SSSR count). The summed E-state index contributed by atoms with van der Waals surface area (Å²) in [6.07, 6.45) is 0. The molecule has 0 aliphatic heterocycles. The maximum absolute atomic E-state index is 12.4. The van der Waals surface area contributed by atoms with E-state index in [1.807, 2.05) is 43.3 Å². The van der Waals surface area contributed by atoms with Gasteiger partial charge in [0.05, 0.1) is 5.56 Å². The molecule has 0 aliphatic carbocycles. The topological polar surface area (TPSA) is 43.8 Å². The van der Waals surface area contributed by atoms with Crippen LogP contribution in [0.15, 0.2) is 36.4 Å². The van der Waals surface area contributed by atoms with Gasteiger partial charge in [-0.2, -0.15) is 0 Å². The predicted octanol–water partition coefficient (Wildman–Crippen LogP) is 2.18. The molecule has 0 spiro atoms. The van der Waals surface area contributed by atoms with E-state index in [0.717, 1.165) is 17.3 Å². The Morgan fingerprint density at radius 1 is 1.05 bits per heavy atom. The van der Waals surface area contributed by atoms with Crippen molar-refractivity contribution in [2.45, 2.75) is 0 Å². The molecular weight excluding hydrogens is 252 g/mol. The third kappa shape index (κ3) is 3.08. The maximum atomic E-state index is 12.4. The second kappa shape index (κ2) is 5.92. The number of benzene rings is 2. The number of nitrogens with zero attached hydrogens (tertiary/aromatic N) is 2. The van der Waals surface area contributed by atoms with Gasteiger partial charge in [0.1, 0.15) is 5.75 Å². The van der Waals surface area contributed by atoms with Crippen LogP contribution in [0.2, 0.25) is 0 Å². The Labute approximate surface area is 119 Å². The summed E-state index contributed by atoms with van der Waals surface area (Å²) in [6, 6.07) is 11.1. The largest absolute Gasteiger partial charge is 0.507 e. The number of likely N-dealkylation sites (N-methyl/N-ethyl adjacent to an activating group) is 2. The van der Waals surface area contributed by atoms with Gasteiger partial charge in [-0.15, -0.1) is 0 Å². The molecule has 0 radical (unpaired) electrons. The number of aromatic hydroxyl groups is 1. The number of hydrogen-bond acceptors (Lipinski definition) is 3. The van der Waals surface area contributed by atoms with Crippen LogP contribution in [0.25, 0.3) is 10.8 Å². The second-order valence-electron chi connectivity index (χ2n) is 5.25. The number of hydrogen-bond donors (Lipinski definition) is 1. The van der Waals surface area contributed by atoms with Gasteiger partial charge in [-0.25, -0.2) is 0 Å². The molecule has 2 aromatic carbocycles. The molecule has 0 atom stereocenters. The molecule has 2 aromatic rings. The summed E-state index contributed by atoms with van der Waals surface area (Å²) in [5, 5.41) is 11.9. The zero-order valence-corrected chi connectivity index (χ0v) is 12.1. The predicted molar refractivity (Wildman–Crippen MR) is 81.1 cm³/mol. The Morgan fingerprint density at radius 3 is 2.25 bits per heavy atom. The minimum absolute atomic E-state index is 0.0328. The first-order valence-electron chi connectivity index (χ1n) is 6.61. The zero-order valence-electron chi connectivity index (χ0n) is 12.1. The highest BCUT2D eigenvalue weighted by molar-refractivity contribution is 6.01. The van der Waals surface area contributed by atoms with Gasteiger partial charge in [0.15, 0.2) is 0 Å². The highest BCUT2D eigenvalue weighted by atomic mass is 16.3. The van der Waals surface area contributed by atoms with Crippen molar-refractivity contribution in [1.29, 1.82) is 0 Å². The van der Waals surface area contributed by atoms with Crippen LogP contribution in [0.3, 0.4) is 0 Å². The summed E-state index contributed by atoms with van der Waals surface area (Å²) < 4.78 is 0. The molecule has 0 aliphatic rings. The van der Waals surface area contributed by atoms with Crippen molar-refractivity contribution >= 4 is 16.7 Å². The lowest BCUT2D eigenvalue weighted by Gasteiger charge is -2.20. The van der Waals surface area contributed by atoms with E-state index in [4.69, 9.17) is 0 Å². The van der Waals surface area contributed by atoms with Crippen molar-refractivity contribution in [2.75, 3.05) is 34.2 Å². The van der Waals surface area contributed by atoms with E-state index in [1.165, 1.54) is 0 Å². The minimum atomic E-state index is -0.157. The van der Waals surface area contributed by atoms with Gasteiger partial charge >= 0.3 is 0 Å². The normalized spacial score (nSPS) is 11.0. The summed E-state index contributed by atoms with van der Waals surface area (Å²) in [5.74, 6) is -0.125. The standard InChI is InChI=1S/C16H20N2O2/c1-17(2)8-9-18(3)16(20)14-10-12-6-4-5-7-13(12)11-15(14)19/h4-7,10-11,19H,8-9H2,1-3H3. The number of carbonyl (C=O) groups excluding carboxylic acids is 1. The SMILES string of the molecule is CN(C)CCN(C)C(=O)c1cc2ccccc2cc1O. The Bertz CT molecular complexity index is 623. The molecule has 0 unspecified atom stereocenters. The molecule has 20 heavy (non-hydrogen) atoms. The molecular formula is C16H20N2O2. The van der Waals surface area contributed by atoms with Crippen LogP contribution in [-0.4, -0.2) is 55.0 Å². The van der Waals surface area contributed by atoms with Crippen molar-refractivity contribution in [3.8, 4) is 5.75 Å². The molecule has 0 bridgehead atoms. The first-order chi connectivity index (χ1) is 9.49. The van der Waals surface area contributed by atoms with Gasteiger partial charge in [-0.1, -0.05) is 24.3 Å².